The minimum absolute atomic E-state index is 0.0723. The molecule has 2 aromatic heterocycles. The van der Waals surface area contributed by atoms with Gasteiger partial charge in [0.2, 0.25) is 0 Å². The second kappa shape index (κ2) is 5.45. The number of thiophene rings is 1. The lowest BCUT2D eigenvalue weighted by Crippen LogP contribution is -2.33. The van der Waals surface area contributed by atoms with E-state index >= 15 is 0 Å². The Labute approximate surface area is 116 Å². The van der Waals surface area contributed by atoms with Crippen LogP contribution in [0, 0.1) is 5.41 Å². The van der Waals surface area contributed by atoms with Gasteiger partial charge in [-0.1, -0.05) is 13.8 Å². The SMILES string of the molecule is CCC(CC)(CS)Cn1cnc2ccsc2c1=O. The van der Waals surface area contributed by atoms with Gasteiger partial charge in [0, 0.05) is 6.54 Å². The first-order valence-electron chi connectivity index (χ1n) is 6.19. The Bertz CT molecular complexity index is 576. The molecular formula is C13H18N2OS2. The predicted molar refractivity (Wildman–Crippen MR) is 80.7 cm³/mol. The molecule has 0 saturated heterocycles. The maximum absolute atomic E-state index is 12.3. The van der Waals surface area contributed by atoms with Gasteiger partial charge in [-0.2, -0.15) is 12.6 Å². The molecule has 0 atom stereocenters. The maximum atomic E-state index is 12.3. The lowest BCUT2D eigenvalue weighted by atomic mass is 9.84. The summed E-state index contributed by atoms with van der Waals surface area (Å²) < 4.78 is 2.49. The van der Waals surface area contributed by atoms with Gasteiger partial charge in [0.25, 0.3) is 5.56 Å². The molecule has 0 fully saturated rings. The van der Waals surface area contributed by atoms with Crippen molar-refractivity contribution in [1.82, 2.24) is 9.55 Å². The summed E-state index contributed by atoms with van der Waals surface area (Å²) in [6.07, 6.45) is 3.70. The highest BCUT2D eigenvalue weighted by atomic mass is 32.1. The van der Waals surface area contributed by atoms with Crippen molar-refractivity contribution in [1.29, 1.82) is 0 Å². The summed E-state index contributed by atoms with van der Waals surface area (Å²) in [5, 5.41) is 1.91. The normalized spacial score (nSPS) is 12.2. The first-order valence-corrected chi connectivity index (χ1v) is 7.70. The Hall–Kier alpha value is -0.810. The number of nitrogens with zero attached hydrogens (tertiary/aromatic N) is 2. The van der Waals surface area contributed by atoms with Gasteiger partial charge in [0.05, 0.1) is 11.8 Å². The average molecular weight is 282 g/mol. The fourth-order valence-corrected chi connectivity index (χ4v) is 3.44. The fourth-order valence-electron chi connectivity index (χ4n) is 2.10. The van der Waals surface area contributed by atoms with Crippen molar-refractivity contribution >= 4 is 34.2 Å². The lowest BCUT2D eigenvalue weighted by Gasteiger charge is -2.30. The molecule has 3 nitrogen and oxygen atoms in total. The molecule has 18 heavy (non-hydrogen) atoms. The number of aromatic nitrogens is 2. The summed E-state index contributed by atoms with van der Waals surface area (Å²) in [4.78, 5) is 16.7. The van der Waals surface area contributed by atoms with E-state index in [0.717, 1.165) is 28.8 Å². The minimum atomic E-state index is 0.0723. The third-order valence-electron chi connectivity index (χ3n) is 3.78. The lowest BCUT2D eigenvalue weighted by molar-refractivity contribution is 0.254. The second-order valence-corrected chi connectivity index (χ2v) is 5.91. The fraction of sp³-hybridized carbons (Fsp3) is 0.538. The standard InChI is InChI=1S/C13H18N2OS2/c1-3-13(4-2,8-17)7-15-9-14-10-5-6-18-11(10)12(15)16/h5-6,9,17H,3-4,7-8H2,1-2H3. The molecule has 0 N–H and O–H groups in total. The Morgan fingerprint density at radius 3 is 2.78 bits per heavy atom. The van der Waals surface area contributed by atoms with E-state index in [-0.39, 0.29) is 11.0 Å². The molecule has 0 radical (unpaired) electrons. The zero-order chi connectivity index (χ0) is 13.2. The minimum Gasteiger partial charge on any atom is -0.297 e. The van der Waals surface area contributed by atoms with Crippen LogP contribution in [0.5, 0.6) is 0 Å². The van der Waals surface area contributed by atoms with E-state index < -0.39 is 0 Å². The van der Waals surface area contributed by atoms with Crippen molar-refractivity contribution in [2.24, 2.45) is 5.41 Å². The highest BCUT2D eigenvalue weighted by Crippen LogP contribution is 2.29. The van der Waals surface area contributed by atoms with Gasteiger partial charge in [-0.3, -0.25) is 9.36 Å². The summed E-state index contributed by atoms with van der Waals surface area (Å²) >= 11 is 5.92. The number of rotatable bonds is 5. The van der Waals surface area contributed by atoms with Crippen molar-refractivity contribution < 1.29 is 0 Å². The van der Waals surface area contributed by atoms with Crippen LogP contribution in [0.3, 0.4) is 0 Å². The quantitative estimate of drug-likeness (QED) is 0.855. The number of hydrogen-bond donors (Lipinski definition) is 1. The van der Waals surface area contributed by atoms with Crippen LogP contribution in [0.1, 0.15) is 26.7 Å². The molecule has 2 aromatic rings. The molecule has 0 saturated carbocycles. The van der Waals surface area contributed by atoms with Gasteiger partial charge in [-0.05, 0) is 35.5 Å². The molecule has 2 heterocycles. The average Bonchev–Trinajstić information content (AvgIpc) is 2.88. The third-order valence-corrected chi connectivity index (χ3v) is 5.34. The first-order chi connectivity index (χ1) is 8.65. The Kier molecular flexibility index (Phi) is 4.12. The second-order valence-electron chi connectivity index (χ2n) is 4.68. The molecule has 0 amide bonds. The Morgan fingerprint density at radius 1 is 1.44 bits per heavy atom. The molecular weight excluding hydrogens is 264 g/mol. The highest BCUT2D eigenvalue weighted by Gasteiger charge is 2.25. The van der Waals surface area contributed by atoms with E-state index in [9.17, 15) is 4.79 Å². The molecule has 0 aliphatic heterocycles. The monoisotopic (exact) mass is 282 g/mol. The molecule has 2 rings (SSSR count). The maximum Gasteiger partial charge on any atom is 0.271 e. The molecule has 0 bridgehead atoms. The van der Waals surface area contributed by atoms with Crippen LogP contribution in [0.2, 0.25) is 0 Å². The van der Waals surface area contributed by atoms with Crippen LogP contribution in [0.15, 0.2) is 22.6 Å². The largest absolute Gasteiger partial charge is 0.297 e. The molecule has 0 aliphatic rings. The van der Waals surface area contributed by atoms with Crippen molar-refractivity contribution in [3.8, 4) is 0 Å². The smallest absolute Gasteiger partial charge is 0.271 e. The van der Waals surface area contributed by atoms with Gasteiger partial charge in [-0.15, -0.1) is 11.3 Å². The number of hydrogen-bond acceptors (Lipinski definition) is 4. The Balaban J connectivity index is 2.42. The Morgan fingerprint density at radius 2 is 2.17 bits per heavy atom. The van der Waals surface area contributed by atoms with Crippen LogP contribution in [-0.4, -0.2) is 15.3 Å². The van der Waals surface area contributed by atoms with E-state index in [4.69, 9.17) is 0 Å². The van der Waals surface area contributed by atoms with Crippen LogP contribution in [0.4, 0.5) is 0 Å². The van der Waals surface area contributed by atoms with E-state index in [1.165, 1.54) is 11.3 Å². The zero-order valence-electron chi connectivity index (χ0n) is 10.7. The molecule has 98 valence electrons. The van der Waals surface area contributed by atoms with Crippen molar-refractivity contribution in [3.05, 3.63) is 28.1 Å². The summed E-state index contributed by atoms with van der Waals surface area (Å²) in [5.41, 5.74) is 0.952. The summed E-state index contributed by atoms with van der Waals surface area (Å²) in [6, 6.07) is 1.89. The van der Waals surface area contributed by atoms with Crippen LogP contribution in [0.25, 0.3) is 10.2 Å². The van der Waals surface area contributed by atoms with Crippen LogP contribution >= 0.6 is 24.0 Å². The number of thiol groups is 1. The predicted octanol–water partition coefficient (Wildman–Crippen LogP) is 3.19. The van der Waals surface area contributed by atoms with Gasteiger partial charge in [-0.25, -0.2) is 4.98 Å². The molecule has 0 aliphatic carbocycles. The van der Waals surface area contributed by atoms with E-state index in [1.54, 1.807) is 10.9 Å². The van der Waals surface area contributed by atoms with E-state index in [1.807, 2.05) is 11.4 Å². The van der Waals surface area contributed by atoms with Gasteiger partial charge < -0.3 is 0 Å². The van der Waals surface area contributed by atoms with Crippen molar-refractivity contribution in [3.63, 3.8) is 0 Å². The molecule has 0 unspecified atom stereocenters. The van der Waals surface area contributed by atoms with Crippen LogP contribution in [-0.2, 0) is 6.54 Å². The van der Waals surface area contributed by atoms with E-state index in [2.05, 4.69) is 31.5 Å². The van der Waals surface area contributed by atoms with Crippen LogP contribution < -0.4 is 5.56 Å². The number of fused-ring (bicyclic) bond motifs is 1. The van der Waals surface area contributed by atoms with E-state index in [0.29, 0.717) is 6.54 Å². The van der Waals surface area contributed by atoms with Crippen molar-refractivity contribution in [2.75, 3.05) is 5.75 Å². The topological polar surface area (TPSA) is 34.9 Å². The van der Waals surface area contributed by atoms with Crippen molar-refractivity contribution in [2.45, 2.75) is 33.2 Å². The summed E-state index contributed by atoms with van der Waals surface area (Å²) in [5.74, 6) is 0.787. The summed E-state index contributed by atoms with van der Waals surface area (Å²) in [7, 11) is 0. The molecule has 5 heteroatoms. The first kappa shape index (κ1) is 13.6. The zero-order valence-corrected chi connectivity index (χ0v) is 12.4. The summed E-state index contributed by atoms with van der Waals surface area (Å²) in [6.45, 7) is 5.01. The van der Waals surface area contributed by atoms with Gasteiger partial charge in [0.15, 0.2) is 0 Å². The highest BCUT2D eigenvalue weighted by molar-refractivity contribution is 7.80. The van der Waals surface area contributed by atoms with Gasteiger partial charge >= 0.3 is 0 Å². The van der Waals surface area contributed by atoms with Gasteiger partial charge in [0.1, 0.15) is 4.70 Å². The molecule has 0 spiro atoms. The third kappa shape index (κ3) is 2.34. The molecule has 0 aromatic carbocycles.